The van der Waals surface area contributed by atoms with Gasteiger partial charge in [-0.15, -0.1) is 0 Å². The fraction of sp³-hybridized carbons (Fsp3) is 0.304. The van der Waals surface area contributed by atoms with E-state index in [0.29, 0.717) is 22.9 Å². The third-order valence-corrected chi connectivity index (χ3v) is 4.98. The molecule has 7 nitrogen and oxygen atoms in total. The van der Waals surface area contributed by atoms with E-state index in [1.165, 1.54) is 4.68 Å². The molecule has 2 amide bonds. The Hall–Kier alpha value is -3.48. The minimum atomic E-state index is -0.575. The van der Waals surface area contributed by atoms with Crippen molar-refractivity contribution < 1.29 is 9.59 Å². The van der Waals surface area contributed by atoms with E-state index < -0.39 is 11.8 Å². The third-order valence-electron chi connectivity index (χ3n) is 4.98. The second-order valence-electron chi connectivity index (χ2n) is 7.36. The maximum absolute atomic E-state index is 12.8. The maximum atomic E-state index is 12.8. The van der Waals surface area contributed by atoms with E-state index in [9.17, 15) is 14.4 Å². The van der Waals surface area contributed by atoms with Crippen LogP contribution in [0.15, 0.2) is 47.3 Å². The van der Waals surface area contributed by atoms with Gasteiger partial charge in [-0.25, -0.2) is 4.68 Å². The van der Waals surface area contributed by atoms with Gasteiger partial charge in [0.15, 0.2) is 5.69 Å². The second kappa shape index (κ2) is 9.35. The van der Waals surface area contributed by atoms with E-state index in [-0.39, 0.29) is 11.3 Å². The van der Waals surface area contributed by atoms with Gasteiger partial charge in [0.1, 0.15) is 0 Å². The van der Waals surface area contributed by atoms with Gasteiger partial charge in [0.25, 0.3) is 17.4 Å². The maximum Gasteiger partial charge on any atom is 0.290 e. The van der Waals surface area contributed by atoms with Crippen LogP contribution in [-0.2, 0) is 6.54 Å². The fourth-order valence-electron chi connectivity index (χ4n) is 3.29. The lowest BCUT2D eigenvalue weighted by molar-refractivity contribution is 0.0843. The van der Waals surface area contributed by atoms with Gasteiger partial charge in [-0.1, -0.05) is 55.7 Å². The molecule has 1 aromatic heterocycles. The summed E-state index contributed by atoms with van der Waals surface area (Å²) in [7, 11) is 0. The van der Waals surface area contributed by atoms with E-state index in [1.54, 1.807) is 30.3 Å². The van der Waals surface area contributed by atoms with Gasteiger partial charge in [-0.3, -0.25) is 25.2 Å². The SMILES string of the molecule is CCCCCn1nc(C(=O)NNC(=O)c2cc(C)ccc2C)c2ccccc2c1=O. The molecule has 0 aliphatic carbocycles. The summed E-state index contributed by atoms with van der Waals surface area (Å²) in [4.78, 5) is 38.1. The van der Waals surface area contributed by atoms with Crippen LogP contribution in [0.25, 0.3) is 10.8 Å². The van der Waals surface area contributed by atoms with Crippen LogP contribution in [0.1, 0.15) is 58.2 Å². The van der Waals surface area contributed by atoms with Crippen LogP contribution in [0.3, 0.4) is 0 Å². The number of carbonyl (C=O) groups is 2. The fourth-order valence-corrected chi connectivity index (χ4v) is 3.29. The largest absolute Gasteiger partial charge is 0.290 e. The highest BCUT2D eigenvalue weighted by Crippen LogP contribution is 2.14. The highest BCUT2D eigenvalue weighted by molar-refractivity contribution is 6.06. The van der Waals surface area contributed by atoms with E-state index >= 15 is 0 Å². The van der Waals surface area contributed by atoms with Crippen molar-refractivity contribution in [2.45, 2.75) is 46.6 Å². The van der Waals surface area contributed by atoms with Crippen LogP contribution in [0.2, 0.25) is 0 Å². The number of hydrogen-bond donors (Lipinski definition) is 2. The molecule has 2 N–H and O–H groups in total. The van der Waals surface area contributed by atoms with Crippen LogP contribution < -0.4 is 16.4 Å². The molecule has 0 bridgehead atoms. The van der Waals surface area contributed by atoms with Crippen molar-refractivity contribution in [1.29, 1.82) is 0 Å². The summed E-state index contributed by atoms with van der Waals surface area (Å²) in [5.74, 6) is -0.987. The second-order valence-corrected chi connectivity index (χ2v) is 7.36. The van der Waals surface area contributed by atoms with Crippen molar-refractivity contribution in [1.82, 2.24) is 20.6 Å². The first-order valence-electron chi connectivity index (χ1n) is 10.1. The summed E-state index contributed by atoms with van der Waals surface area (Å²) < 4.78 is 1.33. The number of carbonyl (C=O) groups excluding carboxylic acids is 2. The molecule has 156 valence electrons. The van der Waals surface area contributed by atoms with Crippen molar-refractivity contribution in [3.8, 4) is 0 Å². The molecule has 0 aliphatic heterocycles. The lowest BCUT2D eigenvalue weighted by Gasteiger charge is -2.12. The monoisotopic (exact) mass is 406 g/mol. The molecule has 7 heteroatoms. The zero-order chi connectivity index (χ0) is 21.7. The average molecular weight is 406 g/mol. The summed E-state index contributed by atoms with van der Waals surface area (Å²) in [5.41, 5.74) is 7.00. The van der Waals surface area contributed by atoms with Gasteiger partial charge in [0.05, 0.1) is 5.39 Å². The molecule has 0 saturated heterocycles. The number of fused-ring (bicyclic) bond motifs is 1. The number of rotatable bonds is 6. The number of nitrogens with zero attached hydrogens (tertiary/aromatic N) is 2. The third kappa shape index (κ3) is 4.56. The number of hydrazine groups is 1. The molecule has 3 aromatic rings. The first kappa shape index (κ1) is 21.2. The summed E-state index contributed by atoms with van der Waals surface area (Å²) in [6.07, 6.45) is 2.78. The van der Waals surface area contributed by atoms with Crippen LogP contribution in [-0.4, -0.2) is 21.6 Å². The van der Waals surface area contributed by atoms with E-state index in [4.69, 9.17) is 0 Å². The molecule has 0 spiro atoms. The Bertz CT molecular complexity index is 1150. The molecule has 0 atom stereocenters. The van der Waals surface area contributed by atoms with Gasteiger partial charge in [0.2, 0.25) is 0 Å². The lowest BCUT2D eigenvalue weighted by Crippen LogP contribution is -2.43. The molecular formula is C23H26N4O3. The number of aromatic nitrogens is 2. The molecule has 30 heavy (non-hydrogen) atoms. The quantitative estimate of drug-likeness (QED) is 0.485. The van der Waals surface area contributed by atoms with E-state index in [2.05, 4.69) is 22.9 Å². The highest BCUT2D eigenvalue weighted by atomic mass is 16.2. The Kier molecular flexibility index (Phi) is 6.61. The molecular weight excluding hydrogens is 380 g/mol. The smallest absolute Gasteiger partial charge is 0.267 e. The normalized spacial score (nSPS) is 10.8. The molecule has 0 saturated carbocycles. The zero-order valence-electron chi connectivity index (χ0n) is 17.5. The molecule has 0 fully saturated rings. The number of amides is 2. The number of hydrogen-bond acceptors (Lipinski definition) is 4. The zero-order valence-corrected chi connectivity index (χ0v) is 17.5. The molecule has 0 radical (unpaired) electrons. The molecule has 0 unspecified atom stereocenters. The minimum Gasteiger partial charge on any atom is -0.267 e. The van der Waals surface area contributed by atoms with E-state index in [1.807, 2.05) is 26.0 Å². The Balaban J connectivity index is 1.86. The number of nitrogens with one attached hydrogen (secondary N) is 2. The summed E-state index contributed by atoms with van der Waals surface area (Å²) in [6.45, 7) is 6.24. The van der Waals surface area contributed by atoms with Crippen molar-refractivity contribution in [3.05, 3.63) is 75.2 Å². The Morgan fingerprint density at radius 3 is 2.40 bits per heavy atom. The van der Waals surface area contributed by atoms with Gasteiger partial charge >= 0.3 is 0 Å². The van der Waals surface area contributed by atoms with Crippen LogP contribution >= 0.6 is 0 Å². The number of aryl methyl sites for hydroxylation is 3. The first-order valence-corrected chi connectivity index (χ1v) is 10.1. The van der Waals surface area contributed by atoms with Gasteiger partial charge in [0, 0.05) is 17.5 Å². The Labute approximate surface area is 175 Å². The predicted octanol–water partition coefficient (Wildman–Crippen LogP) is 3.28. The minimum absolute atomic E-state index is 0.1000. The topological polar surface area (TPSA) is 93.1 Å². The highest BCUT2D eigenvalue weighted by Gasteiger charge is 2.18. The van der Waals surface area contributed by atoms with Crippen molar-refractivity contribution in [2.75, 3.05) is 0 Å². The summed E-state index contributed by atoms with van der Waals surface area (Å²) in [6, 6.07) is 12.4. The van der Waals surface area contributed by atoms with Gasteiger partial charge in [-0.05, 0) is 38.0 Å². The lowest BCUT2D eigenvalue weighted by atomic mass is 10.1. The van der Waals surface area contributed by atoms with Crippen LogP contribution in [0, 0.1) is 13.8 Å². The van der Waals surface area contributed by atoms with Gasteiger partial charge < -0.3 is 0 Å². The first-order chi connectivity index (χ1) is 14.4. The van der Waals surface area contributed by atoms with Crippen molar-refractivity contribution >= 4 is 22.6 Å². The van der Waals surface area contributed by atoms with E-state index in [0.717, 1.165) is 30.4 Å². The summed E-state index contributed by atoms with van der Waals surface area (Å²) >= 11 is 0. The average Bonchev–Trinajstić information content (AvgIpc) is 2.75. The van der Waals surface area contributed by atoms with Gasteiger partial charge in [-0.2, -0.15) is 5.10 Å². The number of benzene rings is 2. The Morgan fingerprint density at radius 2 is 1.67 bits per heavy atom. The Morgan fingerprint density at radius 1 is 0.967 bits per heavy atom. The van der Waals surface area contributed by atoms with Crippen LogP contribution in [0.4, 0.5) is 0 Å². The van der Waals surface area contributed by atoms with Crippen molar-refractivity contribution in [2.24, 2.45) is 0 Å². The standard InChI is InChI=1S/C23H26N4O3/c1-4-5-8-13-27-23(30)18-10-7-6-9-17(18)20(26-27)22(29)25-24-21(28)19-14-15(2)11-12-16(19)3/h6-7,9-12,14H,4-5,8,13H2,1-3H3,(H,24,28)(H,25,29). The number of unbranched alkanes of at least 4 members (excludes halogenated alkanes) is 2. The molecule has 3 rings (SSSR count). The summed E-state index contributed by atoms with van der Waals surface area (Å²) in [5, 5.41) is 5.17. The molecule has 0 aliphatic rings. The molecule has 2 aromatic carbocycles. The predicted molar refractivity (Wildman–Crippen MR) is 116 cm³/mol. The van der Waals surface area contributed by atoms with Crippen LogP contribution in [0.5, 0.6) is 0 Å². The van der Waals surface area contributed by atoms with Crippen molar-refractivity contribution in [3.63, 3.8) is 0 Å². The molecule has 1 heterocycles.